The normalized spacial score (nSPS) is 20.2. The Labute approximate surface area is 210 Å². The number of likely N-dealkylation sites (tertiary alicyclic amines) is 1. The maximum absolute atomic E-state index is 13.2. The summed E-state index contributed by atoms with van der Waals surface area (Å²) in [5.41, 5.74) is 2.03. The highest BCUT2D eigenvalue weighted by Crippen LogP contribution is 2.42. The molecule has 1 amide bonds. The SMILES string of the molecule is C=CCOc1ccc([C@@H]2/C(=C(\O)c3ccc4c(c3)C[C@H](C)O4)C(=O)C(=O)N2CCOC)cc1OCC. The van der Waals surface area contributed by atoms with Crippen LogP contribution in [0.15, 0.2) is 54.6 Å². The zero-order valence-electron chi connectivity index (χ0n) is 20.8. The van der Waals surface area contributed by atoms with Gasteiger partial charge in [-0.3, -0.25) is 9.59 Å². The zero-order chi connectivity index (χ0) is 25.8. The molecule has 2 aliphatic rings. The summed E-state index contributed by atoms with van der Waals surface area (Å²) in [5.74, 6) is 0.0726. The van der Waals surface area contributed by atoms with E-state index in [-0.39, 0.29) is 30.6 Å². The number of carbonyl (C=O) groups excluding carboxylic acids is 2. The highest BCUT2D eigenvalue weighted by atomic mass is 16.5. The Hall–Kier alpha value is -3.78. The first-order valence-corrected chi connectivity index (χ1v) is 12.0. The molecule has 0 unspecified atom stereocenters. The lowest BCUT2D eigenvalue weighted by atomic mass is 9.94. The predicted octanol–water partition coefficient (Wildman–Crippen LogP) is 4.04. The van der Waals surface area contributed by atoms with Gasteiger partial charge in [-0.05, 0) is 55.3 Å². The van der Waals surface area contributed by atoms with Crippen molar-refractivity contribution in [3.05, 3.63) is 71.3 Å². The van der Waals surface area contributed by atoms with E-state index in [9.17, 15) is 14.7 Å². The summed E-state index contributed by atoms with van der Waals surface area (Å²) in [6.07, 6.45) is 2.37. The van der Waals surface area contributed by atoms with Crippen molar-refractivity contribution in [2.45, 2.75) is 32.4 Å². The number of ketones is 1. The number of hydrogen-bond acceptors (Lipinski definition) is 7. The molecule has 0 spiro atoms. The van der Waals surface area contributed by atoms with Gasteiger partial charge >= 0.3 is 0 Å². The van der Waals surface area contributed by atoms with Crippen LogP contribution in [0.4, 0.5) is 0 Å². The smallest absolute Gasteiger partial charge is 0.295 e. The molecular weight excluding hydrogens is 462 g/mol. The van der Waals surface area contributed by atoms with Crippen molar-refractivity contribution in [2.75, 3.05) is 33.5 Å². The Bertz CT molecular complexity index is 1200. The van der Waals surface area contributed by atoms with Gasteiger partial charge < -0.3 is 29.0 Å². The summed E-state index contributed by atoms with van der Waals surface area (Å²) in [4.78, 5) is 27.7. The van der Waals surface area contributed by atoms with Crippen molar-refractivity contribution in [1.29, 1.82) is 0 Å². The van der Waals surface area contributed by atoms with E-state index in [4.69, 9.17) is 18.9 Å². The molecule has 4 rings (SSSR count). The number of Topliss-reactive ketones (excluding diaryl/α,β-unsaturated/α-hetero) is 1. The fourth-order valence-corrected chi connectivity index (χ4v) is 4.60. The summed E-state index contributed by atoms with van der Waals surface area (Å²) in [5, 5.41) is 11.4. The Morgan fingerprint density at radius 1 is 1.19 bits per heavy atom. The third-order valence-electron chi connectivity index (χ3n) is 6.19. The van der Waals surface area contributed by atoms with Crippen LogP contribution in [0.5, 0.6) is 17.2 Å². The minimum absolute atomic E-state index is 0.0187. The number of carbonyl (C=O) groups is 2. The van der Waals surface area contributed by atoms with Gasteiger partial charge in [0.25, 0.3) is 11.7 Å². The zero-order valence-corrected chi connectivity index (χ0v) is 20.8. The number of aliphatic hydroxyl groups excluding tert-OH is 1. The van der Waals surface area contributed by atoms with Crippen LogP contribution in [0.1, 0.15) is 36.6 Å². The highest BCUT2D eigenvalue weighted by molar-refractivity contribution is 6.46. The summed E-state index contributed by atoms with van der Waals surface area (Å²) in [6.45, 7) is 8.60. The molecule has 8 heteroatoms. The van der Waals surface area contributed by atoms with Gasteiger partial charge in [-0.15, -0.1) is 0 Å². The largest absolute Gasteiger partial charge is 0.507 e. The highest BCUT2D eigenvalue weighted by Gasteiger charge is 2.46. The lowest BCUT2D eigenvalue weighted by molar-refractivity contribution is -0.140. The second-order valence-corrected chi connectivity index (χ2v) is 8.68. The lowest BCUT2D eigenvalue weighted by Gasteiger charge is -2.26. The van der Waals surface area contributed by atoms with Crippen molar-refractivity contribution < 1.29 is 33.6 Å². The topological polar surface area (TPSA) is 94.5 Å². The van der Waals surface area contributed by atoms with Crippen LogP contribution in [0.25, 0.3) is 5.76 Å². The molecular formula is C28H31NO7. The van der Waals surface area contributed by atoms with Crippen molar-refractivity contribution in [2.24, 2.45) is 0 Å². The molecule has 2 aromatic rings. The van der Waals surface area contributed by atoms with Gasteiger partial charge in [0.2, 0.25) is 0 Å². The summed E-state index contributed by atoms with van der Waals surface area (Å²) >= 11 is 0. The van der Waals surface area contributed by atoms with Crippen molar-refractivity contribution >= 4 is 17.4 Å². The van der Waals surface area contributed by atoms with E-state index in [1.807, 2.05) is 19.9 Å². The summed E-state index contributed by atoms with van der Waals surface area (Å²) < 4.78 is 22.4. The third kappa shape index (κ3) is 4.81. The number of aliphatic hydroxyl groups is 1. The van der Waals surface area contributed by atoms with Crippen LogP contribution in [-0.4, -0.2) is 61.3 Å². The number of methoxy groups -OCH3 is 1. The Balaban J connectivity index is 1.83. The molecule has 8 nitrogen and oxygen atoms in total. The average molecular weight is 494 g/mol. The second-order valence-electron chi connectivity index (χ2n) is 8.68. The molecule has 1 fully saturated rings. The second kappa shape index (κ2) is 10.9. The quantitative estimate of drug-likeness (QED) is 0.231. The molecule has 0 saturated carbocycles. The molecule has 1 N–H and O–H groups in total. The maximum atomic E-state index is 13.2. The van der Waals surface area contributed by atoms with Gasteiger partial charge in [-0.25, -0.2) is 0 Å². The lowest BCUT2D eigenvalue weighted by Crippen LogP contribution is -2.32. The fraction of sp³-hybridized carbons (Fsp3) is 0.357. The first kappa shape index (κ1) is 25.3. The third-order valence-corrected chi connectivity index (χ3v) is 6.19. The van der Waals surface area contributed by atoms with Crippen LogP contribution in [0.3, 0.4) is 0 Å². The van der Waals surface area contributed by atoms with Crippen molar-refractivity contribution in [3.8, 4) is 17.2 Å². The number of rotatable bonds is 10. The first-order chi connectivity index (χ1) is 17.4. The van der Waals surface area contributed by atoms with E-state index in [0.29, 0.717) is 42.3 Å². The molecule has 2 atom stereocenters. The Kier molecular flexibility index (Phi) is 7.64. The van der Waals surface area contributed by atoms with E-state index in [0.717, 1.165) is 11.3 Å². The van der Waals surface area contributed by atoms with E-state index >= 15 is 0 Å². The van der Waals surface area contributed by atoms with Crippen LogP contribution >= 0.6 is 0 Å². The molecule has 0 aliphatic carbocycles. The fourth-order valence-electron chi connectivity index (χ4n) is 4.60. The average Bonchev–Trinajstić information content (AvgIpc) is 3.37. The van der Waals surface area contributed by atoms with E-state index in [2.05, 4.69) is 6.58 Å². The predicted molar refractivity (Wildman–Crippen MR) is 134 cm³/mol. The Morgan fingerprint density at radius 3 is 2.72 bits per heavy atom. The van der Waals surface area contributed by atoms with Crippen LogP contribution in [0.2, 0.25) is 0 Å². The number of amides is 1. The molecule has 2 aromatic carbocycles. The molecule has 36 heavy (non-hydrogen) atoms. The standard InChI is InChI=1S/C28H31NO7/c1-5-12-35-22-10-7-18(16-23(22)34-6-2)25-24(27(31)28(32)29(25)11-13-33-4)26(30)19-8-9-21-20(15-19)14-17(3)36-21/h5,7-10,15-17,25,30H,1,6,11-14H2,2-4H3/b26-24+/t17-,25+/m0/s1. The molecule has 1 saturated heterocycles. The van der Waals surface area contributed by atoms with Crippen molar-refractivity contribution in [3.63, 3.8) is 0 Å². The van der Waals surface area contributed by atoms with Gasteiger partial charge in [-0.2, -0.15) is 0 Å². The maximum Gasteiger partial charge on any atom is 0.295 e. The number of fused-ring (bicyclic) bond motifs is 1. The minimum Gasteiger partial charge on any atom is -0.507 e. The Morgan fingerprint density at radius 2 is 2.00 bits per heavy atom. The molecule has 0 bridgehead atoms. The molecule has 2 heterocycles. The van der Waals surface area contributed by atoms with Crippen LogP contribution in [-0.2, 0) is 20.7 Å². The number of hydrogen-bond donors (Lipinski definition) is 1. The molecule has 0 aromatic heterocycles. The van der Waals surface area contributed by atoms with E-state index in [1.54, 1.807) is 36.4 Å². The van der Waals surface area contributed by atoms with Crippen LogP contribution < -0.4 is 14.2 Å². The number of nitrogens with zero attached hydrogens (tertiary/aromatic N) is 1. The monoisotopic (exact) mass is 493 g/mol. The summed E-state index contributed by atoms with van der Waals surface area (Å²) in [7, 11) is 1.53. The van der Waals surface area contributed by atoms with Crippen LogP contribution in [0, 0.1) is 0 Å². The van der Waals surface area contributed by atoms with E-state index in [1.165, 1.54) is 12.0 Å². The minimum atomic E-state index is -0.823. The molecule has 2 aliphatic heterocycles. The van der Waals surface area contributed by atoms with Gasteiger partial charge in [0, 0.05) is 25.6 Å². The number of ether oxygens (including phenoxy) is 4. The van der Waals surface area contributed by atoms with E-state index < -0.39 is 17.7 Å². The number of benzene rings is 2. The van der Waals surface area contributed by atoms with Gasteiger partial charge in [0.05, 0.1) is 24.8 Å². The van der Waals surface area contributed by atoms with Gasteiger partial charge in [0.1, 0.15) is 24.2 Å². The van der Waals surface area contributed by atoms with Crippen molar-refractivity contribution in [1.82, 2.24) is 4.90 Å². The first-order valence-electron chi connectivity index (χ1n) is 12.0. The molecule has 190 valence electrons. The molecule has 0 radical (unpaired) electrons. The van der Waals surface area contributed by atoms with Gasteiger partial charge in [0.15, 0.2) is 11.5 Å². The summed E-state index contributed by atoms with van der Waals surface area (Å²) in [6, 6.07) is 9.70. The van der Waals surface area contributed by atoms with Gasteiger partial charge in [-0.1, -0.05) is 18.7 Å².